The molecule has 2 aliphatic rings. The molecule has 2 amide bonds. The number of aliphatic carboxylic acids is 1. The van der Waals surface area contributed by atoms with Crippen LogP contribution in [0.5, 0.6) is 0 Å². The Balaban J connectivity index is 0.00000320. The summed E-state index contributed by atoms with van der Waals surface area (Å²) < 4.78 is 0. The van der Waals surface area contributed by atoms with E-state index >= 15 is 0 Å². The van der Waals surface area contributed by atoms with E-state index in [4.69, 9.17) is 17.0 Å². The molecule has 13 heteroatoms. The first kappa shape index (κ1) is 24.0. The van der Waals surface area contributed by atoms with Crippen LogP contribution in [0.1, 0.15) is 5.69 Å². The van der Waals surface area contributed by atoms with E-state index in [0.29, 0.717) is 11.3 Å². The van der Waals surface area contributed by atoms with Gasteiger partial charge in [0, 0.05) is 11.1 Å². The third kappa shape index (κ3) is 4.55. The van der Waals surface area contributed by atoms with Gasteiger partial charge in [-0.2, -0.15) is 0 Å². The zero-order valence-corrected chi connectivity index (χ0v) is 19.4. The van der Waals surface area contributed by atoms with Crippen LogP contribution >= 0.6 is 23.1 Å². The van der Waals surface area contributed by atoms with Crippen molar-refractivity contribution in [1.82, 2.24) is 15.2 Å². The van der Waals surface area contributed by atoms with Crippen LogP contribution in [0.15, 0.2) is 34.5 Å². The largest absolute Gasteiger partial charge is 1.00 e. The molecule has 1 aromatic heterocycles. The molecular weight excluding hydrogens is 441 g/mol. The number of β-lactam (4-membered cyclic amide) rings is 1. The molecule has 2 unspecified atom stereocenters. The summed E-state index contributed by atoms with van der Waals surface area (Å²) in [5.41, 5.74) is 5.69. The number of thioether (sulfide) groups is 1. The summed E-state index contributed by atoms with van der Waals surface area (Å²) in [5.74, 6) is -0.287. The van der Waals surface area contributed by atoms with E-state index < -0.39 is 29.2 Å². The molecule has 3 rings (SSSR count). The van der Waals surface area contributed by atoms with Crippen molar-refractivity contribution < 1.29 is 53.9 Å². The normalized spacial score (nSPS) is 20.3. The number of carbonyl (C=O) groups is 3. The third-order valence-corrected chi connectivity index (χ3v) is 5.98. The predicted octanol–water partition coefficient (Wildman–Crippen LogP) is -4.33. The molecule has 0 aromatic carbocycles. The number of nitrogens with zero attached hydrogens (tertiary/aromatic N) is 3. The average molecular weight is 455 g/mol. The Morgan fingerprint density at radius 2 is 2.33 bits per heavy atom. The van der Waals surface area contributed by atoms with Gasteiger partial charge in [0.2, 0.25) is 0 Å². The van der Waals surface area contributed by atoms with E-state index in [-0.39, 0.29) is 58.4 Å². The second-order valence-corrected chi connectivity index (χ2v) is 7.71. The van der Waals surface area contributed by atoms with Crippen LogP contribution in [-0.2, 0) is 19.2 Å². The van der Waals surface area contributed by atoms with Gasteiger partial charge in [-0.25, -0.2) is 4.98 Å². The van der Waals surface area contributed by atoms with Gasteiger partial charge in [0.15, 0.2) is 17.5 Å². The van der Waals surface area contributed by atoms with Crippen molar-refractivity contribution in [2.45, 2.75) is 11.4 Å². The number of nitrogens with one attached hydrogen (secondary N) is 1. The Labute approximate surface area is 201 Å². The van der Waals surface area contributed by atoms with E-state index in [2.05, 4.69) is 28.0 Å². The van der Waals surface area contributed by atoms with Gasteiger partial charge < -0.3 is 25.8 Å². The van der Waals surface area contributed by atoms with E-state index in [1.54, 1.807) is 0 Å². The third-order valence-electron chi connectivity index (χ3n) is 4.01. The molecule has 3 heterocycles. The number of fused-ring (bicyclic) bond motifs is 1. The molecule has 30 heavy (non-hydrogen) atoms. The van der Waals surface area contributed by atoms with Crippen LogP contribution in [0, 0.1) is 12.3 Å². The number of oxime groups is 1. The number of carbonyl (C=O) groups excluding carboxylic acids is 3. The molecule has 3 N–H and O–H groups in total. The maximum absolute atomic E-state index is 12.7. The summed E-state index contributed by atoms with van der Waals surface area (Å²) in [6.07, 6.45) is 6.47. The molecule has 0 radical (unpaired) electrons. The van der Waals surface area contributed by atoms with Gasteiger partial charge >= 0.3 is 29.6 Å². The molecular formula is C17H14N5NaO5S2. The monoisotopic (exact) mass is 455 g/mol. The minimum atomic E-state index is -1.48. The van der Waals surface area contributed by atoms with Crippen molar-refractivity contribution in [1.29, 1.82) is 0 Å². The van der Waals surface area contributed by atoms with Crippen molar-refractivity contribution in [3.63, 3.8) is 0 Å². The Morgan fingerprint density at radius 1 is 1.60 bits per heavy atom. The summed E-state index contributed by atoms with van der Waals surface area (Å²) in [5, 5.41) is 18.8. The Bertz CT molecular complexity index is 999. The number of terminal acetylenes is 1. The first-order valence-electron chi connectivity index (χ1n) is 8.06. The summed E-state index contributed by atoms with van der Waals surface area (Å²) in [6.45, 7) is 3.39. The van der Waals surface area contributed by atoms with Crippen molar-refractivity contribution in [2.24, 2.45) is 5.16 Å². The van der Waals surface area contributed by atoms with Gasteiger partial charge in [0.25, 0.3) is 11.8 Å². The van der Waals surface area contributed by atoms with Crippen LogP contribution in [0.25, 0.3) is 0 Å². The predicted molar refractivity (Wildman–Crippen MR) is 105 cm³/mol. The maximum atomic E-state index is 12.7. The quantitative estimate of drug-likeness (QED) is 0.105. The summed E-state index contributed by atoms with van der Waals surface area (Å²) in [7, 11) is 0. The maximum Gasteiger partial charge on any atom is 1.00 e. The van der Waals surface area contributed by atoms with Gasteiger partial charge in [-0.3, -0.25) is 14.5 Å². The smallest absolute Gasteiger partial charge is 0.543 e. The molecule has 0 saturated carbocycles. The number of thiazole rings is 1. The van der Waals surface area contributed by atoms with Crippen LogP contribution in [0.4, 0.5) is 5.13 Å². The van der Waals surface area contributed by atoms with Crippen molar-refractivity contribution in [3.05, 3.63) is 35.0 Å². The van der Waals surface area contributed by atoms with Gasteiger partial charge in [-0.15, -0.1) is 29.5 Å². The van der Waals surface area contributed by atoms with Crippen molar-refractivity contribution in [2.75, 3.05) is 18.1 Å². The number of nitrogen functional groups attached to an aromatic ring is 1. The number of hydrogen-bond acceptors (Lipinski definition) is 10. The number of rotatable bonds is 7. The molecule has 2 atom stereocenters. The van der Waals surface area contributed by atoms with Crippen LogP contribution in [0.3, 0.4) is 0 Å². The summed E-state index contributed by atoms with van der Waals surface area (Å²) in [4.78, 5) is 46.7. The molecule has 2 aliphatic heterocycles. The number of hydrogen-bond donors (Lipinski definition) is 2. The van der Waals surface area contributed by atoms with Gasteiger partial charge in [-0.05, 0) is 5.57 Å². The van der Waals surface area contributed by atoms with Crippen LogP contribution in [0.2, 0.25) is 0 Å². The zero-order valence-electron chi connectivity index (χ0n) is 15.8. The SMILES string of the molecule is C#CCO/N=C(/C(=O)NC1C(=O)N2C(C(=O)[O-])=C(C=C)CSC12)c1csc(N)n1.[Na+]. The topological polar surface area (TPSA) is 150 Å². The van der Waals surface area contributed by atoms with Crippen molar-refractivity contribution in [3.8, 4) is 12.3 Å². The minimum absolute atomic E-state index is 0. The average Bonchev–Trinajstić information content (AvgIpc) is 3.13. The number of anilines is 1. The number of aromatic nitrogens is 1. The Kier molecular flexibility index (Phi) is 8.10. The Morgan fingerprint density at radius 3 is 2.90 bits per heavy atom. The molecule has 0 bridgehead atoms. The van der Waals surface area contributed by atoms with E-state index in [9.17, 15) is 19.5 Å². The molecule has 0 spiro atoms. The summed E-state index contributed by atoms with van der Waals surface area (Å²) >= 11 is 2.39. The number of carboxylic acid groups (broad SMARTS) is 1. The van der Waals surface area contributed by atoms with E-state index in [1.165, 1.54) is 23.2 Å². The van der Waals surface area contributed by atoms with Crippen LogP contribution < -0.4 is 45.7 Å². The standard InChI is InChI=1S/C17H15N5O5S2.Na/c1-3-5-27-21-10(9-7-29-17(18)19-9)13(23)20-11-14(24)22-12(16(25)26)8(4-2)6-28-15(11)22;/h1,4,7,11,15H,2,5-6H2,(H2,18,19)(H,20,23)(H,25,26);/q;+1/p-1/b21-10+;. The number of nitrogens with two attached hydrogens (primary N) is 1. The molecule has 1 fully saturated rings. The van der Waals surface area contributed by atoms with Gasteiger partial charge in [-0.1, -0.05) is 23.7 Å². The molecule has 1 aromatic rings. The Hall–Kier alpha value is -2.30. The van der Waals surface area contributed by atoms with Crippen LogP contribution in [-0.4, -0.2) is 57.2 Å². The van der Waals surface area contributed by atoms with Gasteiger partial charge in [0.05, 0.1) is 11.7 Å². The molecule has 10 nitrogen and oxygen atoms in total. The number of carboxylic acids is 1. The second kappa shape index (κ2) is 10.1. The van der Waals surface area contributed by atoms with Crippen molar-refractivity contribution >= 4 is 51.7 Å². The fraction of sp³-hybridized carbons (Fsp3) is 0.235. The molecule has 1 saturated heterocycles. The molecule has 150 valence electrons. The van der Waals surface area contributed by atoms with E-state index in [1.807, 2.05) is 0 Å². The zero-order chi connectivity index (χ0) is 21.1. The number of allylic oxidation sites excluding steroid dienone is 1. The molecule has 0 aliphatic carbocycles. The fourth-order valence-electron chi connectivity index (χ4n) is 2.73. The first-order chi connectivity index (χ1) is 13.9. The first-order valence-corrected chi connectivity index (χ1v) is 9.99. The summed E-state index contributed by atoms with van der Waals surface area (Å²) in [6, 6.07) is -0.956. The van der Waals surface area contributed by atoms with E-state index in [0.717, 1.165) is 16.2 Å². The second-order valence-electron chi connectivity index (χ2n) is 5.71. The number of amides is 2. The fourth-order valence-corrected chi connectivity index (χ4v) is 4.62. The minimum Gasteiger partial charge on any atom is -0.543 e. The van der Waals surface area contributed by atoms with Gasteiger partial charge in [0.1, 0.15) is 17.1 Å².